The van der Waals surface area contributed by atoms with Crippen LogP contribution in [-0.4, -0.2) is 31.7 Å². The SMILES string of the molecule is Cc1ccc(S(=O)(=O)NC(B2OC(C)(C)C(C)(C)O2)c2ccccn2)cc1. The fourth-order valence-electron chi connectivity index (χ4n) is 2.79. The number of hydrogen-bond donors (Lipinski definition) is 1. The molecule has 1 fully saturated rings. The molecular weight excluding hydrogens is 363 g/mol. The van der Waals surface area contributed by atoms with Crippen LogP contribution in [0.1, 0.15) is 44.9 Å². The van der Waals surface area contributed by atoms with Gasteiger partial charge in [-0.05, 0) is 58.9 Å². The highest BCUT2D eigenvalue weighted by molar-refractivity contribution is 7.89. The fraction of sp³-hybridized carbons (Fsp3) is 0.421. The van der Waals surface area contributed by atoms with Crippen LogP contribution in [0.2, 0.25) is 0 Å². The Morgan fingerprint density at radius 1 is 1.00 bits per heavy atom. The normalized spacial score (nSPS) is 19.8. The molecule has 0 aliphatic carbocycles. The Morgan fingerprint density at radius 2 is 1.59 bits per heavy atom. The van der Waals surface area contributed by atoms with Crippen molar-refractivity contribution in [3.8, 4) is 0 Å². The first kappa shape index (κ1) is 20.0. The maximum Gasteiger partial charge on any atom is 0.483 e. The van der Waals surface area contributed by atoms with Gasteiger partial charge < -0.3 is 9.31 Å². The molecule has 1 aromatic carbocycles. The third kappa shape index (κ3) is 4.08. The molecule has 6 nitrogen and oxygen atoms in total. The molecule has 1 aliphatic rings. The van der Waals surface area contributed by atoms with Crippen molar-refractivity contribution in [3.63, 3.8) is 0 Å². The third-order valence-electron chi connectivity index (χ3n) is 5.16. The predicted octanol–water partition coefficient (Wildman–Crippen LogP) is 3.04. The van der Waals surface area contributed by atoms with E-state index in [1.54, 1.807) is 48.7 Å². The van der Waals surface area contributed by atoms with E-state index in [0.29, 0.717) is 5.69 Å². The zero-order valence-corrected chi connectivity index (χ0v) is 17.1. The summed E-state index contributed by atoms with van der Waals surface area (Å²) in [7, 11) is -4.59. The molecule has 27 heavy (non-hydrogen) atoms. The van der Waals surface area contributed by atoms with E-state index in [1.165, 1.54) is 0 Å². The van der Waals surface area contributed by atoms with Gasteiger partial charge in [0.25, 0.3) is 0 Å². The largest absolute Gasteiger partial charge is 0.483 e. The minimum atomic E-state index is -3.79. The molecule has 2 heterocycles. The molecule has 0 bridgehead atoms. The van der Waals surface area contributed by atoms with Gasteiger partial charge in [-0.25, -0.2) is 13.1 Å². The van der Waals surface area contributed by atoms with Crippen LogP contribution in [0.4, 0.5) is 0 Å². The lowest BCUT2D eigenvalue weighted by atomic mass is 9.77. The lowest BCUT2D eigenvalue weighted by Crippen LogP contribution is -2.41. The second-order valence-corrected chi connectivity index (χ2v) is 9.51. The molecule has 8 heteroatoms. The van der Waals surface area contributed by atoms with E-state index in [2.05, 4.69) is 9.71 Å². The van der Waals surface area contributed by atoms with Crippen molar-refractivity contribution in [2.45, 2.75) is 56.7 Å². The Morgan fingerprint density at radius 3 is 2.11 bits per heavy atom. The first-order valence-corrected chi connectivity index (χ1v) is 10.4. The van der Waals surface area contributed by atoms with Gasteiger partial charge in [-0.2, -0.15) is 0 Å². The first-order valence-electron chi connectivity index (χ1n) is 8.87. The van der Waals surface area contributed by atoms with E-state index in [-0.39, 0.29) is 4.90 Å². The van der Waals surface area contributed by atoms with Gasteiger partial charge in [0, 0.05) is 6.20 Å². The highest BCUT2D eigenvalue weighted by Gasteiger charge is 2.55. The summed E-state index contributed by atoms with van der Waals surface area (Å²) in [6, 6.07) is 12.0. The molecule has 2 aromatic rings. The maximum atomic E-state index is 13.0. The summed E-state index contributed by atoms with van der Waals surface area (Å²) in [5, 5.41) is 0. The zero-order chi connectivity index (χ0) is 19.9. The summed E-state index contributed by atoms with van der Waals surface area (Å²) in [4.78, 5) is 4.51. The first-order chi connectivity index (χ1) is 12.5. The molecule has 3 rings (SSSR count). The number of nitrogens with zero attached hydrogens (tertiary/aromatic N) is 1. The number of sulfonamides is 1. The minimum absolute atomic E-state index is 0.186. The Hall–Kier alpha value is -1.74. The molecule has 1 aromatic heterocycles. The number of benzene rings is 1. The van der Waals surface area contributed by atoms with Crippen molar-refractivity contribution in [1.82, 2.24) is 9.71 Å². The van der Waals surface area contributed by atoms with Crippen LogP contribution in [0.5, 0.6) is 0 Å². The van der Waals surface area contributed by atoms with Crippen molar-refractivity contribution < 1.29 is 17.7 Å². The fourth-order valence-corrected chi connectivity index (χ4v) is 3.99. The van der Waals surface area contributed by atoms with Crippen LogP contribution in [0.25, 0.3) is 0 Å². The summed E-state index contributed by atoms with van der Waals surface area (Å²) >= 11 is 0. The standard InChI is InChI=1S/C19H25BN2O4S/c1-14-9-11-15(12-10-14)27(23,24)22-17(16-8-6-7-13-21-16)20-25-18(2,3)19(4,5)26-20/h6-13,17,22H,1-5H3. The maximum absolute atomic E-state index is 13.0. The Labute approximate surface area is 161 Å². The average Bonchev–Trinajstić information content (AvgIpc) is 2.81. The van der Waals surface area contributed by atoms with Crippen molar-refractivity contribution in [1.29, 1.82) is 0 Å². The van der Waals surface area contributed by atoms with Crippen LogP contribution in [0.15, 0.2) is 53.6 Å². The Kier molecular flexibility index (Phi) is 5.20. The number of nitrogens with one attached hydrogen (secondary N) is 1. The lowest BCUT2D eigenvalue weighted by molar-refractivity contribution is 0.00578. The summed E-state index contributed by atoms with van der Waals surface area (Å²) in [5.74, 6) is -0.779. The number of aryl methyl sites for hydroxylation is 1. The van der Waals surface area contributed by atoms with Gasteiger partial charge in [0.15, 0.2) is 0 Å². The number of pyridine rings is 1. The lowest BCUT2D eigenvalue weighted by Gasteiger charge is -2.32. The van der Waals surface area contributed by atoms with Gasteiger partial charge in [0.2, 0.25) is 10.0 Å². The van der Waals surface area contributed by atoms with Crippen LogP contribution in [-0.2, 0) is 19.3 Å². The molecule has 0 amide bonds. The molecular formula is C19H25BN2O4S. The van der Waals surface area contributed by atoms with Crippen molar-refractivity contribution in [2.24, 2.45) is 0 Å². The van der Waals surface area contributed by atoms with E-state index < -0.39 is 34.3 Å². The molecule has 144 valence electrons. The number of rotatable bonds is 5. The number of aromatic nitrogens is 1. The molecule has 0 spiro atoms. The molecule has 0 saturated carbocycles. The van der Waals surface area contributed by atoms with Crippen LogP contribution in [0.3, 0.4) is 0 Å². The molecule has 1 aliphatic heterocycles. The smallest absolute Gasteiger partial charge is 0.402 e. The van der Waals surface area contributed by atoms with E-state index in [9.17, 15) is 8.42 Å². The van der Waals surface area contributed by atoms with Gasteiger partial charge in [-0.1, -0.05) is 23.8 Å². The number of hydrogen-bond acceptors (Lipinski definition) is 5. The van der Waals surface area contributed by atoms with Gasteiger partial charge in [-0.3, -0.25) is 4.98 Å². The average molecular weight is 388 g/mol. The van der Waals surface area contributed by atoms with Crippen LogP contribution >= 0.6 is 0 Å². The molecule has 1 N–H and O–H groups in total. The quantitative estimate of drug-likeness (QED) is 0.797. The Bertz CT molecular complexity index is 883. The van der Waals surface area contributed by atoms with E-state index >= 15 is 0 Å². The molecule has 0 radical (unpaired) electrons. The van der Waals surface area contributed by atoms with Gasteiger partial charge in [-0.15, -0.1) is 0 Å². The van der Waals surface area contributed by atoms with E-state index in [4.69, 9.17) is 9.31 Å². The summed E-state index contributed by atoms with van der Waals surface area (Å²) in [5.41, 5.74) is 0.355. The van der Waals surface area contributed by atoms with Crippen molar-refractivity contribution in [2.75, 3.05) is 0 Å². The molecule has 1 atom stereocenters. The predicted molar refractivity (Wildman–Crippen MR) is 105 cm³/mol. The minimum Gasteiger partial charge on any atom is -0.402 e. The summed E-state index contributed by atoms with van der Waals surface area (Å²) in [6.07, 6.45) is 1.62. The zero-order valence-electron chi connectivity index (χ0n) is 16.3. The summed E-state index contributed by atoms with van der Waals surface area (Å²) < 4.78 is 40.8. The van der Waals surface area contributed by atoms with Gasteiger partial charge in [0.05, 0.1) is 27.7 Å². The summed E-state index contributed by atoms with van der Waals surface area (Å²) in [6.45, 7) is 9.62. The molecule has 1 saturated heterocycles. The van der Waals surface area contributed by atoms with Gasteiger partial charge >= 0.3 is 7.12 Å². The van der Waals surface area contributed by atoms with Crippen LogP contribution < -0.4 is 4.72 Å². The van der Waals surface area contributed by atoms with E-state index in [0.717, 1.165) is 5.56 Å². The van der Waals surface area contributed by atoms with Crippen molar-refractivity contribution >= 4 is 17.1 Å². The third-order valence-corrected chi connectivity index (χ3v) is 6.62. The highest BCUT2D eigenvalue weighted by atomic mass is 32.2. The van der Waals surface area contributed by atoms with Crippen molar-refractivity contribution in [3.05, 3.63) is 59.9 Å². The Balaban J connectivity index is 1.96. The highest BCUT2D eigenvalue weighted by Crippen LogP contribution is 2.40. The second kappa shape index (κ2) is 7.02. The van der Waals surface area contributed by atoms with Crippen LogP contribution in [0, 0.1) is 6.92 Å². The van der Waals surface area contributed by atoms with E-state index in [1.807, 2.05) is 34.6 Å². The van der Waals surface area contributed by atoms with Gasteiger partial charge in [0.1, 0.15) is 0 Å². The molecule has 1 unspecified atom stereocenters. The topological polar surface area (TPSA) is 77.5 Å². The monoisotopic (exact) mass is 388 g/mol. The second-order valence-electron chi connectivity index (χ2n) is 7.79.